The second-order valence-electron chi connectivity index (χ2n) is 2.88. The first kappa shape index (κ1) is 15.0. The Balaban J connectivity index is 0.00000225. The fraction of sp³-hybridized carbons (Fsp3) is 0.375. The van der Waals surface area contributed by atoms with Crippen molar-refractivity contribution in [3.8, 4) is 0 Å². The molecule has 0 radical (unpaired) electrons. The minimum Gasteiger partial charge on any atom is -0.319 e. The maximum absolute atomic E-state index is 12.7. The highest BCUT2D eigenvalue weighted by atomic mass is 35.5. The van der Waals surface area contributed by atoms with Crippen molar-refractivity contribution < 1.29 is 22.0 Å². The second kappa shape index (κ2) is 4.92. The van der Waals surface area contributed by atoms with Crippen LogP contribution in [0, 0.1) is 0 Å². The van der Waals surface area contributed by atoms with Crippen LogP contribution in [0.5, 0.6) is 0 Å². The van der Waals surface area contributed by atoms with Crippen molar-refractivity contribution in [3.05, 3.63) is 30.1 Å². The third-order valence-electron chi connectivity index (χ3n) is 1.83. The van der Waals surface area contributed by atoms with Gasteiger partial charge in [-0.3, -0.25) is 4.98 Å². The lowest BCUT2D eigenvalue weighted by molar-refractivity contribution is -0.291. The molecule has 16 heavy (non-hydrogen) atoms. The van der Waals surface area contributed by atoms with Crippen LogP contribution in [0.25, 0.3) is 0 Å². The summed E-state index contributed by atoms with van der Waals surface area (Å²) >= 11 is 0. The molecule has 0 aliphatic rings. The van der Waals surface area contributed by atoms with Crippen LogP contribution in [0.2, 0.25) is 0 Å². The predicted molar refractivity (Wildman–Crippen MR) is 49.4 cm³/mol. The van der Waals surface area contributed by atoms with Gasteiger partial charge < -0.3 is 5.73 Å². The summed E-state index contributed by atoms with van der Waals surface area (Å²) in [4.78, 5) is 3.49. The smallest absolute Gasteiger partial charge is 0.319 e. The molecule has 0 saturated carbocycles. The monoisotopic (exact) mass is 262 g/mol. The fourth-order valence-corrected chi connectivity index (χ4v) is 0.956. The molecule has 1 rings (SSSR count). The maximum atomic E-state index is 12.7. The molecule has 0 aliphatic heterocycles. The number of rotatable bonds is 2. The van der Waals surface area contributed by atoms with E-state index < -0.39 is 18.1 Å². The van der Waals surface area contributed by atoms with Gasteiger partial charge in [-0.25, -0.2) is 0 Å². The molecule has 1 aromatic heterocycles. The highest BCUT2D eigenvalue weighted by molar-refractivity contribution is 5.85. The second-order valence-corrected chi connectivity index (χ2v) is 2.88. The van der Waals surface area contributed by atoms with Gasteiger partial charge in [0.05, 0.1) is 0 Å². The third-order valence-corrected chi connectivity index (χ3v) is 1.83. The summed E-state index contributed by atoms with van der Waals surface area (Å²) in [7, 11) is 0. The molecule has 92 valence electrons. The van der Waals surface area contributed by atoms with Crippen molar-refractivity contribution in [1.82, 2.24) is 4.98 Å². The van der Waals surface area contributed by atoms with Crippen LogP contribution in [0.4, 0.5) is 22.0 Å². The number of alkyl halides is 5. The lowest BCUT2D eigenvalue weighted by atomic mass is 10.0. The van der Waals surface area contributed by atoms with Crippen LogP contribution >= 0.6 is 12.4 Å². The summed E-state index contributed by atoms with van der Waals surface area (Å²) in [5.41, 5.74) is 4.55. The van der Waals surface area contributed by atoms with Gasteiger partial charge >= 0.3 is 12.1 Å². The minimum atomic E-state index is -5.66. The van der Waals surface area contributed by atoms with E-state index in [-0.39, 0.29) is 18.0 Å². The number of hydrogen-bond donors (Lipinski definition) is 1. The number of aromatic nitrogens is 1. The summed E-state index contributed by atoms with van der Waals surface area (Å²) in [6.07, 6.45) is -3.46. The van der Waals surface area contributed by atoms with Crippen LogP contribution in [-0.4, -0.2) is 17.1 Å². The van der Waals surface area contributed by atoms with Gasteiger partial charge in [0.2, 0.25) is 0 Å². The van der Waals surface area contributed by atoms with Gasteiger partial charge in [0.1, 0.15) is 6.04 Å². The Kier molecular flexibility index (Phi) is 4.63. The Bertz CT molecular complexity index is 327. The lowest BCUT2D eigenvalue weighted by Crippen LogP contribution is -2.45. The molecule has 0 bridgehead atoms. The summed E-state index contributed by atoms with van der Waals surface area (Å²) in [5, 5.41) is 0. The zero-order valence-electron chi connectivity index (χ0n) is 7.71. The van der Waals surface area contributed by atoms with Crippen LogP contribution < -0.4 is 5.73 Å². The topological polar surface area (TPSA) is 38.9 Å². The lowest BCUT2D eigenvalue weighted by Gasteiger charge is -2.25. The number of nitrogens with two attached hydrogens (primary N) is 1. The SMILES string of the molecule is Cl.N[C@H](c1ccncc1)C(F)(F)C(F)(F)F. The number of hydrogen-bond acceptors (Lipinski definition) is 2. The van der Waals surface area contributed by atoms with Crippen LogP contribution in [0.15, 0.2) is 24.5 Å². The molecule has 0 amide bonds. The zero-order valence-corrected chi connectivity index (χ0v) is 8.53. The van der Waals surface area contributed by atoms with Crippen molar-refractivity contribution in [2.75, 3.05) is 0 Å². The van der Waals surface area contributed by atoms with Crippen LogP contribution in [0.3, 0.4) is 0 Å². The Morgan fingerprint density at radius 3 is 1.88 bits per heavy atom. The summed E-state index contributed by atoms with van der Waals surface area (Å²) < 4.78 is 61.3. The number of pyridine rings is 1. The van der Waals surface area contributed by atoms with E-state index in [0.29, 0.717) is 0 Å². The molecule has 0 spiro atoms. The van der Waals surface area contributed by atoms with Gasteiger partial charge in [-0.1, -0.05) is 0 Å². The third kappa shape index (κ3) is 2.79. The summed E-state index contributed by atoms with van der Waals surface area (Å²) in [6, 6.07) is -0.380. The van der Waals surface area contributed by atoms with E-state index in [4.69, 9.17) is 5.73 Å². The van der Waals surface area contributed by atoms with E-state index in [1.54, 1.807) is 0 Å². The van der Waals surface area contributed by atoms with Gasteiger partial charge in [-0.2, -0.15) is 22.0 Å². The van der Waals surface area contributed by atoms with E-state index in [1.165, 1.54) is 0 Å². The standard InChI is InChI=1S/C8H7F5N2.ClH/c9-7(10,8(11,12)13)6(14)5-1-3-15-4-2-5;/h1-4,6H,14H2;1H/t6-;/m1./s1. The molecule has 1 atom stereocenters. The Morgan fingerprint density at radius 2 is 1.50 bits per heavy atom. The fourth-order valence-electron chi connectivity index (χ4n) is 0.956. The van der Waals surface area contributed by atoms with Crippen molar-refractivity contribution in [1.29, 1.82) is 0 Å². The van der Waals surface area contributed by atoms with Gasteiger partial charge in [0.25, 0.3) is 0 Å². The summed E-state index contributed by atoms with van der Waals surface area (Å²) in [5.74, 6) is -4.95. The molecule has 0 unspecified atom stereocenters. The van der Waals surface area contributed by atoms with E-state index in [2.05, 4.69) is 4.98 Å². The summed E-state index contributed by atoms with van der Waals surface area (Å²) in [6.45, 7) is 0. The number of halogens is 6. The molecular formula is C8H8ClF5N2. The van der Waals surface area contributed by atoms with Crippen LogP contribution in [0.1, 0.15) is 11.6 Å². The van der Waals surface area contributed by atoms with Gasteiger partial charge in [0.15, 0.2) is 0 Å². The minimum absolute atomic E-state index is 0. The molecule has 2 N–H and O–H groups in total. The van der Waals surface area contributed by atoms with Gasteiger partial charge in [-0.05, 0) is 17.7 Å². The van der Waals surface area contributed by atoms with E-state index in [0.717, 1.165) is 24.5 Å². The van der Waals surface area contributed by atoms with Crippen LogP contribution in [-0.2, 0) is 0 Å². The molecule has 0 saturated heterocycles. The largest absolute Gasteiger partial charge is 0.455 e. The Hall–Kier alpha value is -0.950. The van der Waals surface area contributed by atoms with E-state index in [1.807, 2.05) is 0 Å². The average Bonchev–Trinajstić information content (AvgIpc) is 2.16. The molecule has 8 heteroatoms. The van der Waals surface area contributed by atoms with Gasteiger partial charge in [0, 0.05) is 12.4 Å². The molecular weight excluding hydrogens is 255 g/mol. The average molecular weight is 263 g/mol. The maximum Gasteiger partial charge on any atom is 0.455 e. The quantitative estimate of drug-likeness (QED) is 0.833. The molecule has 1 aromatic rings. The molecule has 0 aromatic carbocycles. The predicted octanol–water partition coefficient (Wildman–Crippen LogP) is 2.70. The Morgan fingerprint density at radius 1 is 1.06 bits per heavy atom. The highest BCUT2D eigenvalue weighted by Crippen LogP contribution is 2.42. The van der Waals surface area contributed by atoms with Crippen molar-refractivity contribution >= 4 is 12.4 Å². The first-order chi connectivity index (χ1) is 6.77. The number of nitrogens with zero attached hydrogens (tertiary/aromatic N) is 1. The normalized spacial score (nSPS) is 14.1. The molecule has 1 heterocycles. The molecule has 0 aliphatic carbocycles. The molecule has 0 fully saturated rings. The van der Waals surface area contributed by atoms with Gasteiger partial charge in [-0.15, -0.1) is 12.4 Å². The van der Waals surface area contributed by atoms with Crippen molar-refractivity contribution in [2.45, 2.75) is 18.1 Å². The first-order valence-electron chi connectivity index (χ1n) is 3.87. The van der Waals surface area contributed by atoms with E-state index >= 15 is 0 Å². The van der Waals surface area contributed by atoms with Crippen molar-refractivity contribution in [3.63, 3.8) is 0 Å². The van der Waals surface area contributed by atoms with Crippen molar-refractivity contribution in [2.24, 2.45) is 5.73 Å². The first-order valence-corrected chi connectivity index (χ1v) is 3.87. The zero-order chi connectivity index (χ0) is 11.7. The molecule has 2 nitrogen and oxygen atoms in total. The Labute approximate surface area is 94.1 Å². The van der Waals surface area contributed by atoms with E-state index in [9.17, 15) is 22.0 Å². The highest BCUT2D eigenvalue weighted by Gasteiger charge is 2.61.